The SMILES string of the molecule is NC[C@@H]1CCCN(c2ccnc(Cl)n2)C1. The fourth-order valence-corrected chi connectivity index (χ4v) is 2.11. The van der Waals surface area contributed by atoms with Crippen LogP contribution in [0.2, 0.25) is 5.28 Å². The van der Waals surface area contributed by atoms with Crippen LogP contribution in [-0.2, 0) is 0 Å². The van der Waals surface area contributed by atoms with Crippen molar-refractivity contribution in [3.63, 3.8) is 0 Å². The summed E-state index contributed by atoms with van der Waals surface area (Å²) in [4.78, 5) is 10.3. The molecule has 0 radical (unpaired) electrons. The molecule has 0 spiro atoms. The molecule has 1 aliphatic heterocycles. The molecule has 2 rings (SSSR count). The lowest BCUT2D eigenvalue weighted by atomic mass is 9.98. The van der Waals surface area contributed by atoms with Crippen LogP contribution in [0.15, 0.2) is 12.3 Å². The van der Waals surface area contributed by atoms with Gasteiger partial charge in [-0.25, -0.2) is 9.97 Å². The van der Waals surface area contributed by atoms with E-state index in [1.807, 2.05) is 6.07 Å². The van der Waals surface area contributed by atoms with Crippen LogP contribution in [0.4, 0.5) is 5.82 Å². The number of hydrogen-bond donors (Lipinski definition) is 1. The third kappa shape index (κ3) is 2.58. The Kier molecular flexibility index (Phi) is 3.38. The van der Waals surface area contributed by atoms with Gasteiger partial charge in [0.05, 0.1) is 0 Å². The maximum Gasteiger partial charge on any atom is 0.224 e. The van der Waals surface area contributed by atoms with E-state index in [0.717, 1.165) is 25.5 Å². The van der Waals surface area contributed by atoms with Crippen molar-refractivity contribution in [1.82, 2.24) is 9.97 Å². The molecular formula is C10H15ClN4. The van der Waals surface area contributed by atoms with Crippen LogP contribution in [0, 0.1) is 5.92 Å². The van der Waals surface area contributed by atoms with E-state index >= 15 is 0 Å². The first-order chi connectivity index (χ1) is 7.29. The summed E-state index contributed by atoms with van der Waals surface area (Å²) in [6, 6.07) is 1.89. The molecule has 1 aliphatic rings. The first-order valence-electron chi connectivity index (χ1n) is 5.23. The Morgan fingerprint density at radius 3 is 3.20 bits per heavy atom. The topological polar surface area (TPSA) is 55.0 Å². The quantitative estimate of drug-likeness (QED) is 0.773. The van der Waals surface area contributed by atoms with Gasteiger partial charge >= 0.3 is 0 Å². The number of rotatable bonds is 2. The number of piperidine rings is 1. The van der Waals surface area contributed by atoms with Gasteiger partial charge in [-0.15, -0.1) is 0 Å². The summed E-state index contributed by atoms with van der Waals surface area (Å²) in [6.45, 7) is 2.75. The Hall–Kier alpha value is -0.870. The van der Waals surface area contributed by atoms with Crippen LogP contribution in [0.5, 0.6) is 0 Å². The molecule has 1 aromatic rings. The van der Waals surface area contributed by atoms with E-state index in [-0.39, 0.29) is 0 Å². The average molecular weight is 227 g/mol. The van der Waals surface area contributed by atoms with Gasteiger partial charge in [-0.05, 0) is 43.0 Å². The fourth-order valence-electron chi connectivity index (χ4n) is 1.97. The first-order valence-corrected chi connectivity index (χ1v) is 5.61. The zero-order valence-electron chi connectivity index (χ0n) is 8.56. The number of anilines is 1. The van der Waals surface area contributed by atoms with Gasteiger partial charge in [0, 0.05) is 19.3 Å². The number of nitrogens with two attached hydrogens (primary N) is 1. The van der Waals surface area contributed by atoms with Gasteiger partial charge in [0.1, 0.15) is 5.82 Å². The highest BCUT2D eigenvalue weighted by atomic mass is 35.5. The number of aromatic nitrogens is 2. The summed E-state index contributed by atoms with van der Waals surface area (Å²) in [6.07, 6.45) is 4.08. The van der Waals surface area contributed by atoms with Crippen molar-refractivity contribution in [2.75, 3.05) is 24.5 Å². The Morgan fingerprint density at radius 1 is 1.60 bits per heavy atom. The molecule has 4 nitrogen and oxygen atoms in total. The third-order valence-electron chi connectivity index (χ3n) is 2.79. The zero-order chi connectivity index (χ0) is 10.7. The Balaban J connectivity index is 2.09. The van der Waals surface area contributed by atoms with Gasteiger partial charge in [0.25, 0.3) is 0 Å². The van der Waals surface area contributed by atoms with Crippen LogP contribution in [0.1, 0.15) is 12.8 Å². The second-order valence-corrected chi connectivity index (χ2v) is 4.21. The van der Waals surface area contributed by atoms with Gasteiger partial charge in [-0.3, -0.25) is 0 Å². The van der Waals surface area contributed by atoms with Crippen molar-refractivity contribution in [1.29, 1.82) is 0 Å². The van der Waals surface area contributed by atoms with Crippen molar-refractivity contribution in [3.8, 4) is 0 Å². The molecular weight excluding hydrogens is 212 g/mol. The lowest BCUT2D eigenvalue weighted by Crippen LogP contribution is -2.38. The second-order valence-electron chi connectivity index (χ2n) is 3.87. The maximum absolute atomic E-state index is 5.76. The molecule has 1 saturated heterocycles. The monoisotopic (exact) mass is 226 g/mol. The Labute approximate surface area is 94.5 Å². The normalized spacial score (nSPS) is 21.7. The molecule has 2 N–H and O–H groups in total. The largest absolute Gasteiger partial charge is 0.356 e. The van der Waals surface area contributed by atoms with Crippen LogP contribution >= 0.6 is 11.6 Å². The highest BCUT2D eigenvalue weighted by Gasteiger charge is 2.19. The van der Waals surface area contributed by atoms with Gasteiger partial charge in [0.2, 0.25) is 5.28 Å². The number of halogens is 1. The molecule has 0 amide bonds. The van der Waals surface area contributed by atoms with Crippen LogP contribution < -0.4 is 10.6 Å². The standard InChI is InChI=1S/C10H15ClN4/c11-10-13-4-3-9(14-10)15-5-1-2-8(6-12)7-15/h3-4,8H,1-2,5-7,12H2/t8-/m0/s1. The number of hydrogen-bond acceptors (Lipinski definition) is 4. The van der Waals surface area contributed by atoms with Crippen LogP contribution in [-0.4, -0.2) is 29.6 Å². The summed E-state index contributed by atoms with van der Waals surface area (Å²) in [5.74, 6) is 1.49. The fraction of sp³-hybridized carbons (Fsp3) is 0.600. The summed E-state index contributed by atoms with van der Waals surface area (Å²) in [5.41, 5.74) is 5.69. The minimum absolute atomic E-state index is 0.308. The lowest BCUT2D eigenvalue weighted by molar-refractivity contribution is 0.421. The second kappa shape index (κ2) is 4.77. The van der Waals surface area contributed by atoms with E-state index in [4.69, 9.17) is 17.3 Å². The van der Waals surface area contributed by atoms with Crippen molar-refractivity contribution < 1.29 is 0 Å². The predicted octanol–water partition coefficient (Wildman–Crippen LogP) is 1.31. The van der Waals surface area contributed by atoms with E-state index in [1.54, 1.807) is 6.20 Å². The van der Waals surface area contributed by atoms with Crippen LogP contribution in [0.25, 0.3) is 0 Å². The van der Waals surface area contributed by atoms with Gasteiger partial charge in [-0.1, -0.05) is 0 Å². The molecule has 0 aliphatic carbocycles. The number of nitrogens with zero attached hydrogens (tertiary/aromatic N) is 3. The predicted molar refractivity (Wildman–Crippen MR) is 61.0 cm³/mol. The molecule has 0 unspecified atom stereocenters. The van der Waals surface area contributed by atoms with Crippen molar-refractivity contribution in [2.45, 2.75) is 12.8 Å². The summed E-state index contributed by atoms with van der Waals surface area (Å²) >= 11 is 5.76. The molecule has 0 bridgehead atoms. The van der Waals surface area contributed by atoms with E-state index < -0.39 is 0 Å². The summed E-state index contributed by atoms with van der Waals surface area (Å²) < 4.78 is 0. The lowest BCUT2D eigenvalue weighted by Gasteiger charge is -2.32. The van der Waals surface area contributed by atoms with Gasteiger partial charge in [-0.2, -0.15) is 0 Å². The first kappa shape index (κ1) is 10.6. The molecule has 1 atom stereocenters. The summed E-state index contributed by atoms with van der Waals surface area (Å²) in [5, 5.41) is 0.308. The van der Waals surface area contributed by atoms with Crippen LogP contribution in [0.3, 0.4) is 0 Å². The molecule has 1 aromatic heterocycles. The molecule has 5 heteroatoms. The maximum atomic E-state index is 5.76. The molecule has 82 valence electrons. The Morgan fingerprint density at radius 2 is 2.47 bits per heavy atom. The summed E-state index contributed by atoms with van der Waals surface area (Å²) in [7, 11) is 0. The van der Waals surface area contributed by atoms with E-state index in [0.29, 0.717) is 11.2 Å². The molecule has 15 heavy (non-hydrogen) atoms. The minimum Gasteiger partial charge on any atom is -0.356 e. The van der Waals surface area contributed by atoms with Crippen molar-refractivity contribution >= 4 is 17.4 Å². The van der Waals surface area contributed by atoms with E-state index in [9.17, 15) is 0 Å². The average Bonchev–Trinajstić information content (AvgIpc) is 2.29. The highest BCUT2D eigenvalue weighted by Crippen LogP contribution is 2.21. The third-order valence-corrected chi connectivity index (χ3v) is 2.97. The van der Waals surface area contributed by atoms with E-state index in [1.165, 1.54) is 12.8 Å². The smallest absolute Gasteiger partial charge is 0.224 e. The molecule has 0 saturated carbocycles. The molecule has 1 fully saturated rings. The highest BCUT2D eigenvalue weighted by molar-refractivity contribution is 6.28. The minimum atomic E-state index is 0.308. The van der Waals surface area contributed by atoms with Crippen molar-refractivity contribution in [3.05, 3.63) is 17.5 Å². The molecule has 0 aromatic carbocycles. The Bertz CT molecular complexity index is 331. The van der Waals surface area contributed by atoms with Gasteiger partial charge < -0.3 is 10.6 Å². The zero-order valence-corrected chi connectivity index (χ0v) is 9.32. The van der Waals surface area contributed by atoms with Gasteiger partial charge in [0.15, 0.2) is 0 Å². The molecule has 2 heterocycles. The van der Waals surface area contributed by atoms with E-state index in [2.05, 4.69) is 14.9 Å². The van der Waals surface area contributed by atoms with Crippen molar-refractivity contribution in [2.24, 2.45) is 11.7 Å².